The normalized spacial score (nSPS) is 17.4. The highest BCUT2D eigenvalue weighted by Gasteiger charge is 2.23. The summed E-state index contributed by atoms with van der Waals surface area (Å²) in [4.78, 5) is 1.03. The SMILES string of the molecule is Fc1cc(F)c(NC2CCSc3ccc(Cl)cc32)c(F)c1. The Hall–Kier alpha value is -1.33. The second-order valence-corrected chi connectivity index (χ2v) is 6.33. The van der Waals surface area contributed by atoms with E-state index in [-0.39, 0.29) is 11.7 Å². The molecule has 0 saturated carbocycles. The van der Waals surface area contributed by atoms with Crippen LogP contribution in [0.25, 0.3) is 0 Å². The van der Waals surface area contributed by atoms with Crippen LogP contribution in [0.2, 0.25) is 5.02 Å². The molecule has 1 aliphatic heterocycles. The van der Waals surface area contributed by atoms with Gasteiger partial charge in [-0.25, -0.2) is 13.2 Å². The Labute approximate surface area is 129 Å². The number of hydrogen-bond donors (Lipinski definition) is 1. The molecule has 3 rings (SSSR count). The van der Waals surface area contributed by atoms with E-state index in [1.54, 1.807) is 23.9 Å². The molecule has 1 heterocycles. The van der Waals surface area contributed by atoms with Crippen LogP contribution < -0.4 is 5.32 Å². The lowest BCUT2D eigenvalue weighted by Gasteiger charge is -2.27. The van der Waals surface area contributed by atoms with E-state index in [0.717, 1.165) is 16.2 Å². The van der Waals surface area contributed by atoms with Gasteiger partial charge in [0, 0.05) is 27.8 Å². The van der Waals surface area contributed by atoms with E-state index >= 15 is 0 Å². The molecular formula is C15H11ClF3NS. The Morgan fingerprint density at radius 2 is 1.81 bits per heavy atom. The van der Waals surface area contributed by atoms with Crippen molar-refractivity contribution >= 4 is 29.1 Å². The minimum absolute atomic E-state index is 0.255. The summed E-state index contributed by atoms with van der Waals surface area (Å²) in [5.41, 5.74) is 0.598. The van der Waals surface area contributed by atoms with E-state index in [0.29, 0.717) is 23.6 Å². The molecular weight excluding hydrogens is 319 g/mol. The van der Waals surface area contributed by atoms with Crippen LogP contribution in [0.4, 0.5) is 18.9 Å². The number of thioether (sulfide) groups is 1. The van der Waals surface area contributed by atoms with Gasteiger partial charge in [-0.05, 0) is 30.2 Å². The second kappa shape index (κ2) is 5.81. The predicted molar refractivity (Wildman–Crippen MR) is 79.5 cm³/mol. The topological polar surface area (TPSA) is 12.0 Å². The first-order chi connectivity index (χ1) is 10.0. The molecule has 0 bridgehead atoms. The summed E-state index contributed by atoms with van der Waals surface area (Å²) in [5, 5.41) is 3.41. The van der Waals surface area contributed by atoms with Crippen LogP contribution in [-0.2, 0) is 0 Å². The maximum Gasteiger partial charge on any atom is 0.152 e. The van der Waals surface area contributed by atoms with Gasteiger partial charge in [0.05, 0.1) is 6.04 Å². The molecule has 2 aromatic carbocycles. The number of halogens is 4. The number of hydrogen-bond acceptors (Lipinski definition) is 2. The lowest BCUT2D eigenvalue weighted by molar-refractivity contribution is 0.543. The number of nitrogens with one attached hydrogen (secondary N) is 1. The molecule has 0 aromatic heterocycles. The van der Waals surface area contributed by atoms with Crippen molar-refractivity contribution in [2.24, 2.45) is 0 Å². The van der Waals surface area contributed by atoms with Crippen molar-refractivity contribution in [3.63, 3.8) is 0 Å². The highest BCUT2D eigenvalue weighted by molar-refractivity contribution is 7.99. The summed E-state index contributed by atoms with van der Waals surface area (Å²) in [5.74, 6) is -1.97. The molecule has 0 spiro atoms. The van der Waals surface area contributed by atoms with Crippen molar-refractivity contribution in [1.82, 2.24) is 0 Å². The molecule has 1 unspecified atom stereocenters. The molecule has 110 valence electrons. The molecule has 1 N–H and O–H groups in total. The highest BCUT2D eigenvalue weighted by atomic mass is 35.5. The van der Waals surface area contributed by atoms with Crippen LogP contribution in [0.3, 0.4) is 0 Å². The summed E-state index contributed by atoms with van der Waals surface area (Å²) in [6.07, 6.45) is 0.703. The molecule has 2 aromatic rings. The first-order valence-corrected chi connectivity index (χ1v) is 7.74. The third kappa shape index (κ3) is 2.99. The van der Waals surface area contributed by atoms with E-state index in [4.69, 9.17) is 11.6 Å². The molecule has 0 fully saturated rings. The fourth-order valence-corrected chi connectivity index (χ4v) is 3.66. The average molecular weight is 330 g/mol. The van der Waals surface area contributed by atoms with Crippen LogP contribution in [-0.4, -0.2) is 5.75 Å². The van der Waals surface area contributed by atoms with Gasteiger partial charge in [-0.2, -0.15) is 0 Å². The summed E-state index contributed by atoms with van der Waals surface area (Å²) >= 11 is 7.67. The van der Waals surface area contributed by atoms with Crippen molar-refractivity contribution in [2.75, 3.05) is 11.1 Å². The molecule has 1 atom stereocenters. The van der Waals surface area contributed by atoms with Gasteiger partial charge < -0.3 is 5.32 Å². The summed E-state index contributed by atoms with van der Waals surface area (Å²) < 4.78 is 40.4. The Kier molecular flexibility index (Phi) is 4.04. The lowest BCUT2D eigenvalue weighted by Crippen LogP contribution is -2.17. The Balaban J connectivity index is 1.96. The number of fused-ring (bicyclic) bond motifs is 1. The largest absolute Gasteiger partial charge is 0.373 e. The summed E-state index contributed by atoms with van der Waals surface area (Å²) in [7, 11) is 0. The van der Waals surface area contributed by atoms with E-state index < -0.39 is 17.5 Å². The standard InChI is InChI=1S/C15H11ClF3NS/c16-8-1-2-14-10(5-8)13(3-4-21-14)20-15-11(18)6-9(17)7-12(15)19/h1-2,5-7,13,20H,3-4H2. The van der Waals surface area contributed by atoms with Crippen molar-refractivity contribution in [2.45, 2.75) is 17.4 Å². The number of anilines is 1. The fraction of sp³-hybridized carbons (Fsp3) is 0.200. The fourth-order valence-electron chi connectivity index (χ4n) is 2.37. The zero-order valence-corrected chi connectivity index (χ0v) is 12.4. The Morgan fingerprint density at radius 1 is 1.10 bits per heavy atom. The summed E-state index contributed by atoms with van der Waals surface area (Å²) in [6.45, 7) is 0. The third-order valence-electron chi connectivity index (χ3n) is 3.34. The first kappa shape index (κ1) is 14.6. The molecule has 6 heteroatoms. The predicted octanol–water partition coefficient (Wildman–Crippen LogP) is 5.41. The van der Waals surface area contributed by atoms with E-state index in [9.17, 15) is 13.2 Å². The molecule has 21 heavy (non-hydrogen) atoms. The highest BCUT2D eigenvalue weighted by Crippen LogP contribution is 2.39. The van der Waals surface area contributed by atoms with E-state index in [2.05, 4.69) is 5.32 Å². The van der Waals surface area contributed by atoms with E-state index in [1.807, 2.05) is 6.07 Å². The zero-order valence-electron chi connectivity index (χ0n) is 10.8. The molecule has 1 nitrogen and oxygen atoms in total. The van der Waals surface area contributed by atoms with Crippen molar-refractivity contribution in [3.8, 4) is 0 Å². The molecule has 0 aliphatic carbocycles. The molecule has 0 radical (unpaired) electrons. The molecule has 0 saturated heterocycles. The minimum atomic E-state index is -0.936. The molecule has 1 aliphatic rings. The van der Waals surface area contributed by atoms with Gasteiger partial charge in [0.25, 0.3) is 0 Å². The van der Waals surface area contributed by atoms with Gasteiger partial charge in [-0.3, -0.25) is 0 Å². The second-order valence-electron chi connectivity index (χ2n) is 4.76. The van der Waals surface area contributed by atoms with Crippen molar-refractivity contribution in [1.29, 1.82) is 0 Å². The van der Waals surface area contributed by atoms with Crippen LogP contribution in [0.15, 0.2) is 35.2 Å². The van der Waals surface area contributed by atoms with Gasteiger partial charge >= 0.3 is 0 Å². The van der Waals surface area contributed by atoms with Gasteiger partial charge in [-0.1, -0.05) is 11.6 Å². The average Bonchev–Trinajstić information content (AvgIpc) is 2.43. The number of rotatable bonds is 2. The first-order valence-electron chi connectivity index (χ1n) is 6.38. The smallest absolute Gasteiger partial charge is 0.152 e. The van der Waals surface area contributed by atoms with Crippen LogP contribution in [0.1, 0.15) is 18.0 Å². The van der Waals surface area contributed by atoms with Crippen LogP contribution in [0, 0.1) is 17.5 Å². The Bertz CT molecular complexity index is 670. The van der Waals surface area contributed by atoms with Gasteiger partial charge in [-0.15, -0.1) is 11.8 Å². The van der Waals surface area contributed by atoms with Crippen molar-refractivity contribution < 1.29 is 13.2 Å². The minimum Gasteiger partial charge on any atom is -0.373 e. The van der Waals surface area contributed by atoms with Crippen LogP contribution >= 0.6 is 23.4 Å². The number of benzene rings is 2. The maximum atomic E-state index is 13.7. The summed E-state index contributed by atoms with van der Waals surface area (Å²) in [6, 6.07) is 6.56. The zero-order chi connectivity index (χ0) is 15.0. The maximum absolute atomic E-state index is 13.7. The van der Waals surface area contributed by atoms with Crippen molar-refractivity contribution in [3.05, 3.63) is 58.4 Å². The van der Waals surface area contributed by atoms with Crippen LogP contribution in [0.5, 0.6) is 0 Å². The van der Waals surface area contributed by atoms with Gasteiger partial charge in [0.2, 0.25) is 0 Å². The van der Waals surface area contributed by atoms with Gasteiger partial charge in [0.15, 0.2) is 11.6 Å². The third-order valence-corrected chi connectivity index (χ3v) is 4.69. The quantitative estimate of drug-likeness (QED) is 0.791. The Morgan fingerprint density at radius 3 is 2.52 bits per heavy atom. The monoisotopic (exact) mass is 329 g/mol. The molecule has 0 amide bonds. The van der Waals surface area contributed by atoms with Gasteiger partial charge in [0.1, 0.15) is 11.5 Å². The lowest BCUT2D eigenvalue weighted by atomic mass is 10.0. The van der Waals surface area contributed by atoms with E-state index in [1.165, 1.54) is 0 Å².